The molecule has 0 radical (unpaired) electrons. The molecule has 0 heterocycles. The van der Waals surface area contributed by atoms with E-state index in [1.54, 1.807) is 26.0 Å². The maximum Gasteiger partial charge on any atom is 0.338 e. The van der Waals surface area contributed by atoms with E-state index in [4.69, 9.17) is 9.47 Å². The predicted octanol–water partition coefficient (Wildman–Crippen LogP) is 5.60. The van der Waals surface area contributed by atoms with Gasteiger partial charge in [0, 0.05) is 12.2 Å². The molecule has 1 aromatic carbocycles. The SMILES string of the molecule is CCCCCCCCCCNc1ccc(C(=O)OCC(C)C(=O)OCC)cc1. The first-order chi connectivity index (χ1) is 13.6. The molecule has 5 heteroatoms. The molecule has 0 fully saturated rings. The number of hydrogen-bond acceptors (Lipinski definition) is 5. The molecule has 1 unspecified atom stereocenters. The molecule has 0 aliphatic heterocycles. The van der Waals surface area contributed by atoms with Crippen molar-refractivity contribution in [2.75, 3.05) is 25.1 Å². The van der Waals surface area contributed by atoms with E-state index < -0.39 is 11.9 Å². The van der Waals surface area contributed by atoms with Gasteiger partial charge in [-0.25, -0.2) is 4.79 Å². The van der Waals surface area contributed by atoms with Crippen LogP contribution in [0.1, 0.15) is 82.5 Å². The van der Waals surface area contributed by atoms with Crippen molar-refractivity contribution in [2.24, 2.45) is 5.92 Å². The molecular formula is C23H37NO4. The van der Waals surface area contributed by atoms with Gasteiger partial charge in [0.25, 0.3) is 0 Å². The average molecular weight is 392 g/mol. The maximum atomic E-state index is 12.1. The molecule has 0 saturated carbocycles. The lowest BCUT2D eigenvalue weighted by Crippen LogP contribution is -2.21. The number of carbonyl (C=O) groups excluding carboxylic acids is 2. The number of unbranched alkanes of at least 4 members (excludes halogenated alkanes) is 7. The fourth-order valence-electron chi connectivity index (χ4n) is 2.85. The quantitative estimate of drug-likeness (QED) is 0.312. The van der Waals surface area contributed by atoms with Crippen LogP contribution in [-0.2, 0) is 14.3 Å². The second-order valence-corrected chi connectivity index (χ2v) is 7.23. The lowest BCUT2D eigenvalue weighted by molar-refractivity contribution is -0.148. The summed E-state index contributed by atoms with van der Waals surface area (Å²) in [6, 6.07) is 7.26. The molecule has 0 aromatic heterocycles. The third-order valence-corrected chi connectivity index (χ3v) is 4.63. The van der Waals surface area contributed by atoms with Crippen molar-refractivity contribution in [1.29, 1.82) is 0 Å². The molecule has 0 amide bonds. The highest BCUT2D eigenvalue weighted by Gasteiger charge is 2.17. The largest absolute Gasteiger partial charge is 0.466 e. The third-order valence-electron chi connectivity index (χ3n) is 4.63. The molecule has 5 nitrogen and oxygen atoms in total. The van der Waals surface area contributed by atoms with Crippen molar-refractivity contribution in [1.82, 2.24) is 0 Å². The highest BCUT2D eigenvalue weighted by molar-refractivity contribution is 5.90. The summed E-state index contributed by atoms with van der Waals surface area (Å²) in [5, 5.41) is 3.39. The van der Waals surface area contributed by atoms with Crippen molar-refractivity contribution in [3.63, 3.8) is 0 Å². The van der Waals surface area contributed by atoms with E-state index in [-0.39, 0.29) is 12.6 Å². The first kappa shape index (κ1) is 24.0. The number of benzene rings is 1. The number of anilines is 1. The van der Waals surface area contributed by atoms with Gasteiger partial charge in [0.2, 0.25) is 0 Å². The van der Waals surface area contributed by atoms with E-state index in [0.717, 1.165) is 18.7 Å². The van der Waals surface area contributed by atoms with Gasteiger partial charge in [-0.15, -0.1) is 0 Å². The van der Waals surface area contributed by atoms with E-state index in [1.165, 1.54) is 44.9 Å². The van der Waals surface area contributed by atoms with E-state index >= 15 is 0 Å². The number of ether oxygens (including phenoxy) is 2. The van der Waals surface area contributed by atoms with E-state index in [1.807, 2.05) is 12.1 Å². The summed E-state index contributed by atoms with van der Waals surface area (Å²) >= 11 is 0. The molecule has 0 aliphatic rings. The Morgan fingerprint density at radius 2 is 1.50 bits per heavy atom. The lowest BCUT2D eigenvalue weighted by Gasteiger charge is -2.11. The van der Waals surface area contributed by atoms with E-state index in [9.17, 15) is 9.59 Å². The van der Waals surface area contributed by atoms with Crippen molar-refractivity contribution in [3.05, 3.63) is 29.8 Å². The summed E-state index contributed by atoms with van der Waals surface area (Å²) in [6.07, 6.45) is 10.4. The molecule has 0 spiro atoms. The van der Waals surface area contributed by atoms with Crippen LogP contribution in [0.25, 0.3) is 0 Å². The normalized spacial score (nSPS) is 11.7. The fraction of sp³-hybridized carbons (Fsp3) is 0.652. The summed E-state index contributed by atoms with van der Waals surface area (Å²) in [7, 11) is 0. The summed E-state index contributed by atoms with van der Waals surface area (Å²) in [5.41, 5.74) is 1.48. The second kappa shape index (κ2) is 14.9. The predicted molar refractivity (Wildman–Crippen MR) is 114 cm³/mol. The summed E-state index contributed by atoms with van der Waals surface area (Å²) in [4.78, 5) is 23.6. The molecular weight excluding hydrogens is 354 g/mol. The van der Waals surface area contributed by atoms with Gasteiger partial charge in [0.15, 0.2) is 0 Å². The van der Waals surface area contributed by atoms with Gasteiger partial charge in [-0.3, -0.25) is 4.79 Å². The zero-order valence-corrected chi connectivity index (χ0v) is 17.8. The Kier molecular flexibility index (Phi) is 12.8. The van der Waals surface area contributed by atoms with Crippen molar-refractivity contribution >= 4 is 17.6 Å². The van der Waals surface area contributed by atoms with Crippen molar-refractivity contribution in [3.8, 4) is 0 Å². The number of nitrogens with one attached hydrogen (secondary N) is 1. The molecule has 158 valence electrons. The van der Waals surface area contributed by atoms with Gasteiger partial charge >= 0.3 is 11.9 Å². The van der Waals surface area contributed by atoms with Gasteiger partial charge in [-0.1, -0.05) is 51.9 Å². The first-order valence-electron chi connectivity index (χ1n) is 10.8. The van der Waals surface area contributed by atoms with Gasteiger partial charge in [-0.05, 0) is 44.5 Å². The molecule has 1 aromatic rings. The van der Waals surface area contributed by atoms with Crippen LogP contribution in [-0.4, -0.2) is 31.7 Å². The molecule has 1 N–H and O–H groups in total. The minimum Gasteiger partial charge on any atom is -0.466 e. The summed E-state index contributed by atoms with van der Waals surface area (Å²) < 4.78 is 10.1. The Balaban J connectivity index is 2.20. The Bertz CT molecular complexity index is 556. The van der Waals surface area contributed by atoms with Crippen LogP contribution in [0.15, 0.2) is 24.3 Å². The van der Waals surface area contributed by atoms with E-state index in [0.29, 0.717) is 12.2 Å². The van der Waals surface area contributed by atoms with Gasteiger partial charge < -0.3 is 14.8 Å². The van der Waals surface area contributed by atoms with Crippen LogP contribution in [0.3, 0.4) is 0 Å². The number of rotatable bonds is 15. The second-order valence-electron chi connectivity index (χ2n) is 7.23. The van der Waals surface area contributed by atoms with Crippen LogP contribution < -0.4 is 5.32 Å². The zero-order chi connectivity index (χ0) is 20.6. The van der Waals surface area contributed by atoms with Gasteiger partial charge in [0.1, 0.15) is 6.61 Å². The van der Waals surface area contributed by atoms with Crippen LogP contribution in [0.4, 0.5) is 5.69 Å². The maximum absolute atomic E-state index is 12.1. The molecule has 1 atom stereocenters. The number of esters is 2. The molecule has 0 saturated heterocycles. The standard InChI is InChI=1S/C23H37NO4/c1-4-6-7-8-9-10-11-12-17-24-21-15-13-20(14-16-21)23(26)28-18-19(3)22(25)27-5-2/h13-16,19,24H,4-12,17-18H2,1-3H3. The van der Waals surface area contributed by atoms with Gasteiger partial charge in [0.05, 0.1) is 18.1 Å². The molecule has 1 rings (SSSR count). The average Bonchev–Trinajstić information content (AvgIpc) is 2.71. The number of carbonyl (C=O) groups is 2. The Morgan fingerprint density at radius 3 is 2.11 bits per heavy atom. The van der Waals surface area contributed by atoms with Crippen molar-refractivity contribution in [2.45, 2.75) is 72.1 Å². The Labute approximate surface area is 170 Å². The lowest BCUT2D eigenvalue weighted by atomic mass is 10.1. The monoisotopic (exact) mass is 391 g/mol. The fourth-order valence-corrected chi connectivity index (χ4v) is 2.85. The molecule has 0 bridgehead atoms. The van der Waals surface area contributed by atoms with Crippen LogP contribution in [0.5, 0.6) is 0 Å². The first-order valence-corrected chi connectivity index (χ1v) is 10.8. The summed E-state index contributed by atoms with van der Waals surface area (Å²) in [5.74, 6) is -1.24. The third kappa shape index (κ3) is 10.3. The molecule has 28 heavy (non-hydrogen) atoms. The highest BCUT2D eigenvalue weighted by atomic mass is 16.5. The topological polar surface area (TPSA) is 64.6 Å². The van der Waals surface area contributed by atoms with Gasteiger partial charge in [-0.2, -0.15) is 0 Å². The highest BCUT2D eigenvalue weighted by Crippen LogP contribution is 2.13. The Morgan fingerprint density at radius 1 is 0.893 bits per heavy atom. The smallest absolute Gasteiger partial charge is 0.338 e. The van der Waals surface area contributed by atoms with E-state index in [2.05, 4.69) is 12.2 Å². The molecule has 0 aliphatic carbocycles. The summed E-state index contributed by atoms with van der Waals surface area (Å²) in [6.45, 7) is 6.97. The van der Waals surface area contributed by atoms with Crippen LogP contribution in [0, 0.1) is 5.92 Å². The number of hydrogen-bond donors (Lipinski definition) is 1. The zero-order valence-electron chi connectivity index (χ0n) is 17.8. The minimum atomic E-state index is -0.462. The minimum absolute atomic E-state index is 0.0239. The van der Waals surface area contributed by atoms with Crippen LogP contribution in [0.2, 0.25) is 0 Å². The van der Waals surface area contributed by atoms with Crippen LogP contribution >= 0.6 is 0 Å². The van der Waals surface area contributed by atoms with Crippen molar-refractivity contribution < 1.29 is 19.1 Å². The Hall–Kier alpha value is -2.04.